The molecule has 2 nitrogen and oxygen atoms in total. The van der Waals surface area contributed by atoms with Gasteiger partial charge in [-0.15, -0.1) is 0 Å². The van der Waals surface area contributed by atoms with Crippen LogP contribution in [0.25, 0.3) is 0 Å². The zero-order valence-electron chi connectivity index (χ0n) is 14.2. The second-order valence-corrected chi connectivity index (χ2v) is 7.37. The van der Waals surface area contributed by atoms with Crippen LogP contribution in [0.2, 0.25) is 0 Å². The van der Waals surface area contributed by atoms with Crippen LogP contribution in [0.1, 0.15) is 81.6 Å². The number of carbonyl (C=O) groups excluding carboxylic acids is 2. The van der Waals surface area contributed by atoms with Crippen molar-refractivity contribution < 1.29 is 9.59 Å². The molecule has 1 aliphatic rings. The molecule has 1 aromatic rings. The van der Waals surface area contributed by atoms with Crippen molar-refractivity contribution in [3.05, 3.63) is 35.4 Å². The fourth-order valence-electron chi connectivity index (χ4n) is 3.71. The fourth-order valence-corrected chi connectivity index (χ4v) is 3.71. The van der Waals surface area contributed by atoms with Crippen LogP contribution in [0.4, 0.5) is 0 Å². The van der Waals surface area contributed by atoms with Gasteiger partial charge in [0.05, 0.1) is 5.41 Å². The normalized spacial score (nSPS) is 20.4. The molecule has 0 aliphatic heterocycles. The van der Waals surface area contributed by atoms with Crippen LogP contribution >= 0.6 is 0 Å². The molecule has 0 radical (unpaired) electrons. The molecule has 0 fully saturated rings. The molecule has 0 heterocycles. The van der Waals surface area contributed by atoms with E-state index in [1.54, 1.807) is 0 Å². The van der Waals surface area contributed by atoms with E-state index in [0.717, 1.165) is 56.8 Å². The highest BCUT2D eigenvalue weighted by Gasteiger charge is 2.49. The maximum absolute atomic E-state index is 12.6. The summed E-state index contributed by atoms with van der Waals surface area (Å²) in [6, 6.07) is 8.08. The lowest BCUT2D eigenvalue weighted by atomic mass is 9.58. The number of aldehydes is 1. The van der Waals surface area contributed by atoms with Gasteiger partial charge in [0.25, 0.3) is 0 Å². The number of unbranched alkanes of at least 4 members (excludes halogenated alkanes) is 2. The van der Waals surface area contributed by atoms with E-state index in [4.69, 9.17) is 0 Å². The van der Waals surface area contributed by atoms with Crippen LogP contribution in [0.5, 0.6) is 0 Å². The van der Waals surface area contributed by atoms with Gasteiger partial charge in [-0.3, -0.25) is 4.79 Å². The van der Waals surface area contributed by atoms with Crippen molar-refractivity contribution in [2.24, 2.45) is 5.41 Å². The van der Waals surface area contributed by atoms with Gasteiger partial charge in [-0.2, -0.15) is 0 Å². The Bertz CT molecular complexity index is 544. The highest BCUT2D eigenvalue weighted by molar-refractivity contribution is 6.13. The van der Waals surface area contributed by atoms with E-state index < -0.39 is 0 Å². The highest BCUT2D eigenvalue weighted by Crippen LogP contribution is 2.47. The largest absolute Gasteiger partial charge is 0.303 e. The van der Waals surface area contributed by atoms with Gasteiger partial charge in [0.15, 0.2) is 5.78 Å². The number of fused-ring (bicyclic) bond motifs is 1. The summed E-state index contributed by atoms with van der Waals surface area (Å²) >= 11 is 0. The molecule has 0 saturated heterocycles. The van der Waals surface area contributed by atoms with Crippen LogP contribution in [0, 0.1) is 5.41 Å². The average Bonchev–Trinajstić information content (AvgIpc) is 2.53. The molecule has 1 unspecified atom stereocenters. The van der Waals surface area contributed by atoms with E-state index in [2.05, 4.69) is 13.0 Å². The first-order chi connectivity index (χ1) is 10.5. The van der Waals surface area contributed by atoms with Gasteiger partial charge in [-0.25, -0.2) is 0 Å². The zero-order chi connectivity index (χ0) is 16.2. The molecule has 1 aliphatic carbocycles. The third-order valence-corrected chi connectivity index (χ3v) is 5.04. The molecule has 0 amide bonds. The van der Waals surface area contributed by atoms with Crippen molar-refractivity contribution in [1.82, 2.24) is 0 Å². The molecular formula is C20H28O2. The van der Waals surface area contributed by atoms with Gasteiger partial charge in [0.2, 0.25) is 0 Å². The summed E-state index contributed by atoms with van der Waals surface area (Å²) in [4.78, 5) is 23.5. The molecule has 0 bridgehead atoms. The van der Waals surface area contributed by atoms with Gasteiger partial charge in [0, 0.05) is 11.0 Å². The van der Waals surface area contributed by atoms with E-state index in [-0.39, 0.29) is 10.8 Å². The molecule has 120 valence electrons. The summed E-state index contributed by atoms with van der Waals surface area (Å²) in [5.41, 5.74) is 1.76. The molecule has 1 atom stereocenters. The van der Waals surface area contributed by atoms with Crippen LogP contribution in [0.15, 0.2) is 24.3 Å². The Morgan fingerprint density at radius 1 is 1.09 bits per heavy atom. The summed E-state index contributed by atoms with van der Waals surface area (Å²) in [5.74, 6) is 0.346. The summed E-state index contributed by atoms with van der Waals surface area (Å²) < 4.78 is 0. The van der Waals surface area contributed by atoms with Crippen molar-refractivity contribution in [3.8, 4) is 0 Å². The number of Topliss-reactive ketones (excluding diaryl/α,β-unsaturated/α-hetero) is 1. The predicted octanol–water partition coefficient (Wildman–Crippen LogP) is 5.10. The lowest BCUT2D eigenvalue weighted by Crippen LogP contribution is -2.46. The van der Waals surface area contributed by atoms with Crippen molar-refractivity contribution in [2.75, 3.05) is 0 Å². The van der Waals surface area contributed by atoms with Crippen molar-refractivity contribution in [2.45, 2.75) is 71.1 Å². The second-order valence-electron chi connectivity index (χ2n) is 7.37. The summed E-state index contributed by atoms with van der Waals surface area (Å²) in [5, 5.41) is 0. The minimum Gasteiger partial charge on any atom is -0.303 e. The lowest BCUT2D eigenvalue weighted by molar-refractivity contribution is -0.115. The second kappa shape index (κ2) is 6.76. The van der Waals surface area contributed by atoms with Gasteiger partial charge in [-0.1, -0.05) is 70.7 Å². The molecule has 22 heavy (non-hydrogen) atoms. The van der Waals surface area contributed by atoms with E-state index in [1.165, 1.54) is 5.56 Å². The highest BCUT2D eigenvalue weighted by atomic mass is 16.1. The topological polar surface area (TPSA) is 34.1 Å². The summed E-state index contributed by atoms with van der Waals surface area (Å²) in [7, 11) is 0. The molecule has 0 spiro atoms. The van der Waals surface area contributed by atoms with Crippen molar-refractivity contribution >= 4 is 12.1 Å². The zero-order valence-corrected chi connectivity index (χ0v) is 14.2. The first-order valence-electron chi connectivity index (χ1n) is 8.57. The third-order valence-electron chi connectivity index (χ3n) is 5.04. The Morgan fingerprint density at radius 2 is 1.82 bits per heavy atom. The molecule has 2 heteroatoms. The van der Waals surface area contributed by atoms with Crippen LogP contribution < -0.4 is 0 Å². The Balaban J connectivity index is 1.92. The molecular weight excluding hydrogens is 272 g/mol. The van der Waals surface area contributed by atoms with Crippen LogP contribution in [0.3, 0.4) is 0 Å². The first-order valence-corrected chi connectivity index (χ1v) is 8.57. The molecule has 1 aromatic carbocycles. The average molecular weight is 300 g/mol. The number of ketones is 1. The lowest BCUT2D eigenvalue weighted by Gasteiger charge is -2.42. The van der Waals surface area contributed by atoms with E-state index in [0.29, 0.717) is 5.78 Å². The molecule has 2 rings (SSSR count). The van der Waals surface area contributed by atoms with Crippen molar-refractivity contribution in [3.63, 3.8) is 0 Å². The van der Waals surface area contributed by atoms with E-state index in [9.17, 15) is 9.59 Å². The molecule has 0 N–H and O–H groups in total. The van der Waals surface area contributed by atoms with Gasteiger partial charge in [-0.05, 0) is 24.8 Å². The molecule has 0 saturated carbocycles. The Hall–Kier alpha value is -1.44. The number of carbonyl (C=O) groups is 2. The SMILES string of the molecule is CCCC1(CCCCCC(C)(C)C=O)C(=O)c2ccccc21. The minimum absolute atomic E-state index is 0.208. The number of hydrogen-bond acceptors (Lipinski definition) is 2. The minimum atomic E-state index is -0.217. The Morgan fingerprint density at radius 3 is 2.50 bits per heavy atom. The molecule has 0 aromatic heterocycles. The van der Waals surface area contributed by atoms with Gasteiger partial charge >= 0.3 is 0 Å². The van der Waals surface area contributed by atoms with Crippen LogP contribution in [-0.4, -0.2) is 12.1 Å². The third kappa shape index (κ3) is 3.16. The Labute approximate surface area is 134 Å². The van der Waals surface area contributed by atoms with E-state index in [1.807, 2.05) is 32.0 Å². The number of benzene rings is 1. The van der Waals surface area contributed by atoms with Gasteiger partial charge in [0.1, 0.15) is 6.29 Å². The number of rotatable bonds is 9. The van der Waals surface area contributed by atoms with Crippen molar-refractivity contribution in [1.29, 1.82) is 0 Å². The maximum Gasteiger partial charge on any atom is 0.173 e. The van der Waals surface area contributed by atoms with E-state index >= 15 is 0 Å². The quantitative estimate of drug-likeness (QED) is 0.470. The standard InChI is InChI=1S/C20H28O2/c1-4-12-20(14-9-5-8-13-19(2,3)15-21)17-11-7-6-10-16(17)18(20)22/h6-7,10-11,15H,4-5,8-9,12-14H2,1-3H3. The fraction of sp³-hybridized carbons (Fsp3) is 0.600. The maximum atomic E-state index is 12.6. The van der Waals surface area contributed by atoms with Crippen LogP contribution in [-0.2, 0) is 10.2 Å². The number of hydrogen-bond donors (Lipinski definition) is 0. The monoisotopic (exact) mass is 300 g/mol. The Kier molecular flexibility index (Phi) is 5.20. The predicted molar refractivity (Wildman–Crippen MR) is 90.3 cm³/mol. The van der Waals surface area contributed by atoms with Gasteiger partial charge < -0.3 is 4.79 Å². The smallest absolute Gasteiger partial charge is 0.173 e. The summed E-state index contributed by atoms with van der Waals surface area (Å²) in [6.45, 7) is 6.14. The first kappa shape index (κ1) is 16.9. The summed E-state index contributed by atoms with van der Waals surface area (Å²) in [6.07, 6.45) is 8.16.